The Bertz CT molecular complexity index is 1820. The number of hydrogen-bond acceptors (Lipinski definition) is 2. The number of nitriles is 1. The maximum absolute atomic E-state index is 9.38. The number of anilines is 3. The van der Waals surface area contributed by atoms with Gasteiger partial charge in [0.25, 0.3) is 0 Å². The van der Waals surface area contributed by atoms with Gasteiger partial charge in [-0.15, -0.1) is 0 Å². The van der Waals surface area contributed by atoms with E-state index in [4.69, 9.17) is 0 Å². The van der Waals surface area contributed by atoms with Crippen LogP contribution < -0.4 is 4.90 Å². The van der Waals surface area contributed by atoms with E-state index in [0.717, 1.165) is 22.4 Å². The summed E-state index contributed by atoms with van der Waals surface area (Å²) in [6, 6.07) is 42.8. The molecule has 37 heavy (non-hydrogen) atoms. The molecule has 176 valence electrons. The number of nitrogens with zero attached hydrogens (tertiary/aromatic N) is 3. The molecule has 3 nitrogen and oxygen atoms in total. The second kappa shape index (κ2) is 7.85. The molecule has 0 bridgehead atoms. The molecule has 0 atom stereocenters. The molecule has 2 heterocycles. The van der Waals surface area contributed by atoms with Gasteiger partial charge < -0.3 is 9.47 Å². The predicted octanol–water partition coefficient (Wildman–Crippen LogP) is 8.76. The number of hydrogen-bond donors (Lipinski definition) is 0. The molecule has 0 saturated carbocycles. The van der Waals surface area contributed by atoms with Gasteiger partial charge in [-0.05, 0) is 59.7 Å². The van der Waals surface area contributed by atoms with Crippen LogP contribution in [0.1, 0.15) is 30.5 Å². The summed E-state index contributed by atoms with van der Waals surface area (Å²) in [7, 11) is 0. The van der Waals surface area contributed by atoms with E-state index in [1.54, 1.807) is 0 Å². The highest BCUT2D eigenvalue weighted by molar-refractivity contribution is 6.14. The Morgan fingerprint density at radius 3 is 1.84 bits per heavy atom. The van der Waals surface area contributed by atoms with Gasteiger partial charge in [-0.25, -0.2) is 0 Å². The summed E-state index contributed by atoms with van der Waals surface area (Å²) < 4.78 is 2.34. The Balaban J connectivity index is 1.62. The first-order valence-electron chi connectivity index (χ1n) is 12.6. The molecule has 0 fully saturated rings. The third-order valence-corrected chi connectivity index (χ3v) is 7.81. The minimum atomic E-state index is -0.114. The van der Waals surface area contributed by atoms with E-state index >= 15 is 0 Å². The standard InChI is InChI=1S/C34H25N3/c1-34(2)27-12-4-7-15-30(27)37(31-16-8-5-13-28(31)34)32-17-9-11-26-25-10-3-6-14-29(25)36(33(26)32)24-20-18-23(22-35)19-21-24/h3-21H,1-2H3. The van der Waals surface area contributed by atoms with Gasteiger partial charge in [0.15, 0.2) is 0 Å². The Morgan fingerprint density at radius 1 is 0.595 bits per heavy atom. The van der Waals surface area contributed by atoms with Gasteiger partial charge in [0.1, 0.15) is 0 Å². The van der Waals surface area contributed by atoms with Crippen LogP contribution in [-0.2, 0) is 5.41 Å². The molecule has 0 N–H and O–H groups in total. The second-order valence-corrected chi connectivity index (χ2v) is 10.2. The first kappa shape index (κ1) is 21.5. The zero-order valence-electron chi connectivity index (χ0n) is 20.8. The summed E-state index contributed by atoms with van der Waals surface area (Å²) in [5, 5.41) is 11.8. The third kappa shape index (κ3) is 3.00. The highest BCUT2D eigenvalue weighted by Gasteiger charge is 2.37. The van der Waals surface area contributed by atoms with Crippen LogP contribution in [0.5, 0.6) is 0 Å². The van der Waals surface area contributed by atoms with Crippen LogP contribution in [0, 0.1) is 11.3 Å². The normalized spacial score (nSPS) is 13.8. The molecule has 1 aromatic heterocycles. The largest absolute Gasteiger partial charge is 0.308 e. The molecule has 0 aliphatic carbocycles. The van der Waals surface area contributed by atoms with Gasteiger partial charge in [0.2, 0.25) is 0 Å². The van der Waals surface area contributed by atoms with Gasteiger partial charge in [-0.1, -0.05) is 80.6 Å². The predicted molar refractivity (Wildman–Crippen MR) is 152 cm³/mol. The van der Waals surface area contributed by atoms with Crippen molar-refractivity contribution in [2.75, 3.05) is 4.90 Å². The second-order valence-electron chi connectivity index (χ2n) is 10.2. The average Bonchev–Trinajstić information content (AvgIpc) is 3.29. The first-order chi connectivity index (χ1) is 18.1. The smallest absolute Gasteiger partial charge is 0.0991 e. The SMILES string of the molecule is CC1(C)c2ccccc2N(c2cccc3c4ccccc4n(-c4ccc(C#N)cc4)c23)c2ccccc21. The molecule has 0 amide bonds. The zero-order chi connectivity index (χ0) is 25.1. The lowest BCUT2D eigenvalue weighted by atomic mass is 9.73. The van der Waals surface area contributed by atoms with Gasteiger partial charge >= 0.3 is 0 Å². The fourth-order valence-corrected chi connectivity index (χ4v) is 6.06. The van der Waals surface area contributed by atoms with Gasteiger partial charge in [0.05, 0.1) is 39.7 Å². The van der Waals surface area contributed by atoms with E-state index in [1.165, 1.54) is 33.3 Å². The van der Waals surface area contributed by atoms with Crippen molar-refractivity contribution in [1.29, 1.82) is 5.26 Å². The van der Waals surface area contributed by atoms with Crippen LogP contribution in [0.25, 0.3) is 27.5 Å². The summed E-state index contributed by atoms with van der Waals surface area (Å²) in [6.45, 7) is 4.63. The van der Waals surface area contributed by atoms with E-state index < -0.39 is 0 Å². The van der Waals surface area contributed by atoms with Crippen molar-refractivity contribution in [2.24, 2.45) is 0 Å². The maximum Gasteiger partial charge on any atom is 0.0991 e. The number of para-hydroxylation sites is 4. The van der Waals surface area contributed by atoms with Crippen LogP contribution in [0.15, 0.2) is 115 Å². The lowest BCUT2D eigenvalue weighted by Crippen LogP contribution is -2.30. The molecule has 1 aliphatic heterocycles. The van der Waals surface area contributed by atoms with Crippen LogP contribution in [0.2, 0.25) is 0 Å². The average molecular weight is 476 g/mol. The summed E-state index contributed by atoms with van der Waals surface area (Å²) in [6.07, 6.45) is 0. The molecule has 6 aromatic rings. The summed E-state index contributed by atoms with van der Waals surface area (Å²) in [5.41, 5.74) is 10.0. The first-order valence-corrected chi connectivity index (χ1v) is 12.6. The lowest BCUT2D eigenvalue weighted by Gasteiger charge is -2.42. The number of benzene rings is 5. The number of aromatic nitrogens is 1. The van der Waals surface area contributed by atoms with Crippen LogP contribution in [0.3, 0.4) is 0 Å². The van der Waals surface area contributed by atoms with E-state index in [0.29, 0.717) is 5.56 Å². The zero-order valence-corrected chi connectivity index (χ0v) is 20.8. The van der Waals surface area contributed by atoms with E-state index in [1.807, 2.05) is 24.3 Å². The molecule has 3 heteroatoms. The topological polar surface area (TPSA) is 32.0 Å². The molecule has 0 unspecified atom stereocenters. The molecule has 0 radical (unpaired) electrons. The highest BCUT2D eigenvalue weighted by atomic mass is 15.2. The molecule has 0 spiro atoms. The van der Waals surface area contributed by atoms with Crippen LogP contribution >= 0.6 is 0 Å². The van der Waals surface area contributed by atoms with E-state index in [2.05, 4.69) is 120 Å². The van der Waals surface area contributed by atoms with Crippen LogP contribution in [-0.4, -0.2) is 4.57 Å². The van der Waals surface area contributed by atoms with Crippen molar-refractivity contribution in [1.82, 2.24) is 4.57 Å². The van der Waals surface area contributed by atoms with Gasteiger partial charge in [-0.2, -0.15) is 5.26 Å². The quantitative estimate of drug-likeness (QED) is 0.251. The molecule has 1 aliphatic rings. The molecular weight excluding hydrogens is 450 g/mol. The fourth-order valence-electron chi connectivity index (χ4n) is 6.06. The minimum Gasteiger partial charge on any atom is -0.308 e. The lowest BCUT2D eigenvalue weighted by molar-refractivity contribution is 0.632. The Labute approximate surface area is 216 Å². The third-order valence-electron chi connectivity index (χ3n) is 7.81. The van der Waals surface area contributed by atoms with E-state index in [-0.39, 0.29) is 5.41 Å². The number of rotatable bonds is 2. The summed E-state index contributed by atoms with van der Waals surface area (Å²) in [5.74, 6) is 0. The molecule has 5 aromatic carbocycles. The molecular formula is C34H25N3. The molecule has 0 saturated heterocycles. The van der Waals surface area contributed by atoms with Crippen molar-refractivity contribution in [3.05, 3.63) is 132 Å². The van der Waals surface area contributed by atoms with E-state index in [9.17, 15) is 5.26 Å². The van der Waals surface area contributed by atoms with Crippen molar-refractivity contribution in [2.45, 2.75) is 19.3 Å². The fraction of sp³-hybridized carbons (Fsp3) is 0.0882. The summed E-state index contributed by atoms with van der Waals surface area (Å²) in [4.78, 5) is 2.43. The monoisotopic (exact) mass is 475 g/mol. The highest BCUT2D eigenvalue weighted by Crippen LogP contribution is 2.53. The van der Waals surface area contributed by atoms with Crippen LogP contribution in [0.4, 0.5) is 17.1 Å². The van der Waals surface area contributed by atoms with Crippen molar-refractivity contribution < 1.29 is 0 Å². The van der Waals surface area contributed by atoms with Crippen molar-refractivity contribution in [3.8, 4) is 11.8 Å². The van der Waals surface area contributed by atoms with Crippen molar-refractivity contribution in [3.63, 3.8) is 0 Å². The minimum absolute atomic E-state index is 0.114. The molecule has 7 rings (SSSR count). The maximum atomic E-state index is 9.38. The number of fused-ring (bicyclic) bond motifs is 5. The Hall–Kier alpha value is -4.81. The summed E-state index contributed by atoms with van der Waals surface area (Å²) >= 11 is 0. The van der Waals surface area contributed by atoms with Gasteiger partial charge in [0, 0.05) is 21.9 Å². The van der Waals surface area contributed by atoms with Crippen molar-refractivity contribution >= 4 is 38.9 Å². The Kier molecular flexibility index (Phi) is 4.55. The Morgan fingerprint density at radius 2 is 1.16 bits per heavy atom. The van der Waals surface area contributed by atoms with Gasteiger partial charge in [-0.3, -0.25) is 0 Å².